The van der Waals surface area contributed by atoms with Crippen molar-refractivity contribution < 1.29 is 9.58 Å². The second-order valence-corrected chi connectivity index (χ2v) is 5.89. The molecule has 0 radical (unpaired) electrons. The quantitative estimate of drug-likeness (QED) is 0.490. The topological polar surface area (TPSA) is 80.5 Å². The van der Waals surface area contributed by atoms with Crippen molar-refractivity contribution in [3.05, 3.63) is 64.2 Å². The third kappa shape index (κ3) is 3.57. The van der Waals surface area contributed by atoms with Crippen LogP contribution < -0.4 is 4.90 Å². The SMILES string of the molecule is Cc1cc(C)cc(N(C(=O)C(C#N)=[N+]=[N-])c2cc(C)cc(C)c2)c1. The second kappa shape index (κ2) is 6.91. The van der Waals surface area contributed by atoms with Crippen LogP contribution in [0.4, 0.5) is 11.4 Å². The van der Waals surface area contributed by atoms with Gasteiger partial charge in [-0.05, 0) is 74.2 Å². The molecule has 0 saturated heterocycles. The van der Waals surface area contributed by atoms with Gasteiger partial charge in [-0.25, -0.2) is 0 Å². The number of carbonyl (C=O) groups is 1. The van der Waals surface area contributed by atoms with Gasteiger partial charge in [0.1, 0.15) is 0 Å². The molecule has 0 aliphatic carbocycles. The van der Waals surface area contributed by atoms with E-state index in [-0.39, 0.29) is 0 Å². The van der Waals surface area contributed by atoms with E-state index in [9.17, 15) is 4.79 Å². The predicted molar refractivity (Wildman–Crippen MR) is 93.2 cm³/mol. The van der Waals surface area contributed by atoms with Crippen molar-refractivity contribution in [1.82, 2.24) is 0 Å². The summed E-state index contributed by atoms with van der Waals surface area (Å²) in [6.45, 7) is 7.75. The first-order chi connectivity index (χ1) is 11.3. The highest BCUT2D eigenvalue weighted by Crippen LogP contribution is 2.29. The Hall–Kier alpha value is -3.22. The van der Waals surface area contributed by atoms with Crippen LogP contribution in [0, 0.1) is 39.0 Å². The van der Waals surface area contributed by atoms with Crippen LogP contribution in [-0.4, -0.2) is 16.4 Å². The van der Waals surface area contributed by atoms with E-state index in [2.05, 4.69) is 4.79 Å². The Morgan fingerprint density at radius 3 is 1.58 bits per heavy atom. The highest BCUT2D eigenvalue weighted by molar-refractivity contribution is 6.48. The fourth-order valence-electron chi connectivity index (χ4n) is 2.76. The predicted octanol–water partition coefficient (Wildman–Crippen LogP) is 3.78. The minimum Gasteiger partial charge on any atom is -0.360 e. The minimum atomic E-state index is -0.671. The largest absolute Gasteiger partial charge is 0.456 e. The van der Waals surface area contributed by atoms with E-state index in [1.807, 2.05) is 64.1 Å². The van der Waals surface area contributed by atoms with Crippen LogP contribution in [0.1, 0.15) is 22.3 Å². The summed E-state index contributed by atoms with van der Waals surface area (Å²) in [7, 11) is 0. The average molecular weight is 318 g/mol. The molecule has 0 fully saturated rings. The third-order valence-corrected chi connectivity index (χ3v) is 3.54. The van der Waals surface area contributed by atoms with Crippen LogP contribution >= 0.6 is 0 Å². The molecule has 2 aromatic carbocycles. The Morgan fingerprint density at radius 1 is 0.917 bits per heavy atom. The number of amides is 1. The summed E-state index contributed by atoms with van der Waals surface area (Å²) in [6, 6.07) is 13.1. The molecule has 5 nitrogen and oxygen atoms in total. The number of hydrogen-bond acceptors (Lipinski definition) is 2. The van der Waals surface area contributed by atoms with Gasteiger partial charge in [0.25, 0.3) is 0 Å². The number of hydrogen-bond donors (Lipinski definition) is 0. The van der Waals surface area contributed by atoms with E-state index >= 15 is 0 Å². The molecule has 24 heavy (non-hydrogen) atoms. The minimum absolute atomic E-state index is 0.562. The number of nitriles is 1. The van der Waals surface area contributed by atoms with Gasteiger partial charge in [-0.1, -0.05) is 12.1 Å². The van der Waals surface area contributed by atoms with Gasteiger partial charge in [0.15, 0.2) is 6.07 Å². The third-order valence-electron chi connectivity index (χ3n) is 3.54. The second-order valence-electron chi connectivity index (χ2n) is 5.89. The van der Waals surface area contributed by atoms with Crippen LogP contribution in [0.3, 0.4) is 0 Å². The number of aryl methyl sites for hydroxylation is 4. The first kappa shape index (κ1) is 17.1. The molecule has 0 N–H and O–H groups in total. The molecule has 0 bridgehead atoms. The highest BCUT2D eigenvalue weighted by atomic mass is 16.2. The van der Waals surface area contributed by atoms with Crippen molar-refractivity contribution in [1.29, 1.82) is 5.26 Å². The first-order valence-corrected chi connectivity index (χ1v) is 7.49. The standard InChI is InChI=1S/C19H18N4O/c1-12-5-13(2)8-16(7-12)23(19(24)18(11-20)22-21)17-9-14(3)6-15(4)10-17/h5-10H,1-4H3. The molecule has 0 unspecified atom stereocenters. The molecule has 120 valence electrons. The van der Waals surface area contributed by atoms with E-state index < -0.39 is 11.6 Å². The molecular weight excluding hydrogens is 300 g/mol. The molecule has 0 aliphatic heterocycles. The summed E-state index contributed by atoms with van der Waals surface area (Å²) >= 11 is 0. The molecule has 2 aromatic rings. The lowest BCUT2D eigenvalue weighted by Gasteiger charge is -2.22. The highest BCUT2D eigenvalue weighted by Gasteiger charge is 2.29. The lowest BCUT2D eigenvalue weighted by molar-refractivity contribution is -0.115. The van der Waals surface area contributed by atoms with Gasteiger partial charge in [-0.2, -0.15) is 5.26 Å². The maximum absolute atomic E-state index is 12.8. The Balaban J connectivity index is 2.72. The van der Waals surface area contributed by atoms with E-state index in [1.54, 1.807) is 6.07 Å². The van der Waals surface area contributed by atoms with Crippen molar-refractivity contribution >= 4 is 23.0 Å². The fraction of sp³-hybridized carbons (Fsp3) is 0.211. The Labute approximate surface area is 141 Å². The zero-order chi connectivity index (χ0) is 17.9. The summed E-state index contributed by atoms with van der Waals surface area (Å²) in [5.74, 6) is -0.671. The number of carbonyl (C=O) groups excluding carboxylic acids is 1. The zero-order valence-corrected chi connectivity index (χ0v) is 14.2. The average Bonchev–Trinajstić information content (AvgIpc) is 2.46. The van der Waals surface area contributed by atoms with Crippen LogP contribution in [-0.2, 0) is 4.79 Å². The van der Waals surface area contributed by atoms with E-state index in [4.69, 9.17) is 10.8 Å². The van der Waals surface area contributed by atoms with Crippen molar-refractivity contribution in [3.63, 3.8) is 0 Å². The van der Waals surface area contributed by atoms with Crippen molar-refractivity contribution in [2.75, 3.05) is 4.90 Å². The summed E-state index contributed by atoms with van der Waals surface area (Å²) in [5.41, 5.74) is 13.6. The molecule has 0 atom stereocenters. The number of rotatable bonds is 3. The molecule has 0 aromatic heterocycles. The van der Waals surface area contributed by atoms with Crippen LogP contribution in [0.25, 0.3) is 5.53 Å². The lowest BCUT2D eigenvalue weighted by Crippen LogP contribution is -2.33. The van der Waals surface area contributed by atoms with Crippen molar-refractivity contribution in [2.45, 2.75) is 27.7 Å². The Kier molecular flexibility index (Phi) is 4.93. The van der Waals surface area contributed by atoms with E-state index in [0.717, 1.165) is 22.3 Å². The normalized spacial score (nSPS) is 9.79. The van der Waals surface area contributed by atoms with Gasteiger partial charge in [0, 0.05) is 0 Å². The molecule has 0 saturated carbocycles. The summed E-state index contributed by atoms with van der Waals surface area (Å²) in [5, 5.41) is 9.07. The molecule has 0 spiro atoms. The van der Waals surface area contributed by atoms with E-state index in [0.29, 0.717) is 11.4 Å². The van der Waals surface area contributed by atoms with E-state index in [1.165, 1.54) is 4.90 Å². The Morgan fingerprint density at radius 2 is 1.29 bits per heavy atom. The van der Waals surface area contributed by atoms with Gasteiger partial charge in [0.05, 0.1) is 11.4 Å². The van der Waals surface area contributed by atoms with Gasteiger partial charge in [0.2, 0.25) is 0 Å². The molecule has 2 rings (SSSR count). The smallest absolute Gasteiger partial charge is 0.360 e. The summed E-state index contributed by atoms with van der Waals surface area (Å²) < 4.78 is 0. The van der Waals surface area contributed by atoms with Gasteiger partial charge < -0.3 is 5.53 Å². The monoisotopic (exact) mass is 318 g/mol. The zero-order valence-electron chi connectivity index (χ0n) is 14.2. The maximum Gasteiger partial charge on any atom is 0.456 e. The summed E-state index contributed by atoms with van der Waals surface area (Å²) in [4.78, 5) is 17.0. The van der Waals surface area contributed by atoms with Gasteiger partial charge in [-0.15, -0.1) is 4.79 Å². The fourth-order valence-corrected chi connectivity index (χ4v) is 2.76. The lowest BCUT2D eigenvalue weighted by atomic mass is 10.1. The number of nitrogens with zero attached hydrogens (tertiary/aromatic N) is 4. The van der Waals surface area contributed by atoms with Crippen molar-refractivity contribution in [3.8, 4) is 6.07 Å². The molecule has 0 heterocycles. The number of anilines is 2. The first-order valence-electron chi connectivity index (χ1n) is 7.49. The van der Waals surface area contributed by atoms with Gasteiger partial charge in [-0.3, -0.25) is 9.69 Å². The maximum atomic E-state index is 12.8. The van der Waals surface area contributed by atoms with Crippen LogP contribution in [0.5, 0.6) is 0 Å². The molecule has 1 amide bonds. The van der Waals surface area contributed by atoms with Crippen LogP contribution in [0.2, 0.25) is 0 Å². The molecule has 5 heteroatoms. The van der Waals surface area contributed by atoms with Gasteiger partial charge >= 0.3 is 11.6 Å². The summed E-state index contributed by atoms with van der Waals surface area (Å²) in [6.07, 6.45) is 0. The van der Waals surface area contributed by atoms with Crippen LogP contribution in [0.15, 0.2) is 36.4 Å². The Bertz CT molecular complexity index is 810. The van der Waals surface area contributed by atoms with Crippen molar-refractivity contribution in [2.24, 2.45) is 0 Å². The molecule has 0 aliphatic rings. The number of benzene rings is 2. The molecular formula is C19H18N4O.